The highest BCUT2D eigenvalue weighted by Crippen LogP contribution is 2.21. The molecule has 1 aliphatic rings. The van der Waals surface area contributed by atoms with Crippen LogP contribution in [-0.4, -0.2) is 5.37 Å². The van der Waals surface area contributed by atoms with Gasteiger partial charge in [0, 0.05) is 5.37 Å². The third-order valence-corrected chi connectivity index (χ3v) is 2.11. The van der Waals surface area contributed by atoms with Crippen molar-refractivity contribution < 1.29 is 0 Å². The van der Waals surface area contributed by atoms with Crippen LogP contribution in [0.4, 0.5) is 0 Å². The Bertz CT molecular complexity index is 72.5. The van der Waals surface area contributed by atoms with Crippen LogP contribution < -0.4 is 0 Å². The van der Waals surface area contributed by atoms with Crippen LogP contribution in [0.1, 0.15) is 32.1 Å². The summed E-state index contributed by atoms with van der Waals surface area (Å²) in [5.41, 5.74) is 0. The van der Waals surface area contributed by atoms with E-state index in [1.165, 1.54) is 32.1 Å². The number of thiocarbonyl (C=S) groups is 1. The summed E-state index contributed by atoms with van der Waals surface area (Å²) in [7, 11) is 0. The average molecular weight is 127 g/mol. The van der Waals surface area contributed by atoms with Crippen molar-refractivity contribution in [3.8, 4) is 0 Å². The molecule has 0 saturated heterocycles. The minimum Gasteiger partial charge on any atom is -0.0834 e. The van der Waals surface area contributed by atoms with Gasteiger partial charge in [-0.25, -0.2) is 0 Å². The predicted octanol–water partition coefficient (Wildman–Crippen LogP) is 2.44. The van der Waals surface area contributed by atoms with Crippen molar-refractivity contribution in [1.29, 1.82) is 0 Å². The highest BCUT2D eigenvalue weighted by molar-refractivity contribution is 7.79. The maximum Gasteiger partial charge on any atom is 0.0325 e. The maximum atomic E-state index is 4.72. The molecule has 0 heterocycles. The molecular weight excluding hydrogens is 116 g/mol. The fourth-order valence-electron chi connectivity index (χ4n) is 1.22. The van der Waals surface area contributed by atoms with E-state index in [-0.39, 0.29) is 0 Å². The van der Waals surface area contributed by atoms with E-state index in [4.69, 9.17) is 12.2 Å². The largest absolute Gasteiger partial charge is 0.0834 e. The normalized spacial score (nSPS) is 23.0. The van der Waals surface area contributed by atoms with Crippen molar-refractivity contribution in [2.45, 2.75) is 32.1 Å². The SMILES string of the molecule is S=[C]C1CCCCC1. The summed E-state index contributed by atoms with van der Waals surface area (Å²) in [6, 6.07) is 0. The van der Waals surface area contributed by atoms with E-state index in [2.05, 4.69) is 5.37 Å². The molecule has 0 amide bonds. The van der Waals surface area contributed by atoms with Gasteiger partial charge in [-0.3, -0.25) is 0 Å². The second-order valence-electron chi connectivity index (χ2n) is 2.45. The first-order chi connectivity index (χ1) is 3.93. The summed E-state index contributed by atoms with van der Waals surface area (Å²) in [5, 5.41) is 2.89. The van der Waals surface area contributed by atoms with Crippen molar-refractivity contribution in [1.82, 2.24) is 0 Å². The Balaban J connectivity index is 2.22. The fraction of sp³-hybridized carbons (Fsp3) is 0.857. The van der Waals surface area contributed by atoms with E-state index in [9.17, 15) is 0 Å². The van der Waals surface area contributed by atoms with E-state index >= 15 is 0 Å². The molecule has 1 radical (unpaired) electrons. The number of rotatable bonds is 1. The third-order valence-electron chi connectivity index (χ3n) is 1.77. The Morgan fingerprint density at radius 3 is 2.12 bits per heavy atom. The van der Waals surface area contributed by atoms with E-state index < -0.39 is 0 Å². The molecule has 1 heteroatoms. The molecule has 45 valence electrons. The Kier molecular flexibility index (Phi) is 2.47. The lowest BCUT2D eigenvalue weighted by atomic mass is 9.91. The quantitative estimate of drug-likeness (QED) is 0.487. The van der Waals surface area contributed by atoms with Gasteiger partial charge in [-0.15, -0.1) is 0 Å². The van der Waals surface area contributed by atoms with Gasteiger partial charge in [-0.2, -0.15) is 0 Å². The van der Waals surface area contributed by atoms with Crippen molar-refractivity contribution in [3.05, 3.63) is 0 Å². The fourth-order valence-corrected chi connectivity index (χ4v) is 1.46. The molecule has 0 unspecified atom stereocenters. The van der Waals surface area contributed by atoms with Crippen LogP contribution in [0.2, 0.25) is 0 Å². The minimum atomic E-state index is 0.652. The summed E-state index contributed by atoms with van der Waals surface area (Å²) >= 11 is 4.72. The molecule has 1 aliphatic carbocycles. The number of hydrogen-bond donors (Lipinski definition) is 0. The van der Waals surface area contributed by atoms with E-state index in [0.29, 0.717) is 5.92 Å². The first kappa shape index (κ1) is 6.21. The van der Waals surface area contributed by atoms with Gasteiger partial charge in [-0.1, -0.05) is 31.5 Å². The summed E-state index contributed by atoms with van der Waals surface area (Å²) in [6.07, 6.45) is 6.74. The summed E-state index contributed by atoms with van der Waals surface area (Å²) < 4.78 is 0. The lowest BCUT2D eigenvalue weighted by molar-refractivity contribution is 0.448. The highest BCUT2D eigenvalue weighted by atomic mass is 32.1. The monoisotopic (exact) mass is 127 g/mol. The Morgan fingerprint density at radius 1 is 1.12 bits per heavy atom. The van der Waals surface area contributed by atoms with Gasteiger partial charge in [-0.05, 0) is 18.8 Å². The molecule has 1 rings (SSSR count). The second-order valence-corrected chi connectivity index (χ2v) is 2.69. The standard InChI is InChI=1S/C7H11S/c8-6-7-4-2-1-3-5-7/h7H,1-5H2. The molecule has 0 atom stereocenters. The maximum absolute atomic E-state index is 4.72. The summed E-state index contributed by atoms with van der Waals surface area (Å²) in [6.45, 7) is 0. The molecule has 8 heavy (non-hydrogen) atoms. The van der Waals surface area contributed by atoms with Crippen LogP contribution in [0, 0.1) is 5.92 Å². The third kappa shape index (κ3) is 1.55. The molecule has 0 aromatic rings. The Labute approximate surface area is 56.3 Å². The van der Waals surface area contributed by atoms with Crippen LogP contribution in [0.3, 0.4) is 0 Å². The molecule has 0 spiro atoms. The molecule has 0 aromatic heterocycles. The summed E-state index contributed by atoms with van der Waals surface area (Å²) in [4.78, 5) is 0. The molecule has 0 aliphatic heterocycles. The van der Waals surface area contributed by atoms with Gasteiger partial charge >= 0.3 is 0 Å². The highest BCUT2D eigenvalue weighted by Gasteiger charge is 2.09. The zero-order valence-corrected chi connectivity index (χ0v) is 5.84. The zero-order valence-electron chi connectivity index (χ0n) is 5.02. The average Bonchev–Trinajstić information content (AvgIpc) is 1.90. The predicted molar refractivity (Wildman–Crippen MR) is 39.2 cm³/mol. The smallest absolute Gasteiger partial charge is 0.0325 e. The van der Waals surface area contributed by atoms with E-state index in [1.54, 1.807) is 0 Å². The van der Waals surface area contributed by atoms with Crippen LogP contribution in [-0.2, 0) is 0 Å². The van der Waals surface area contributed by atoms with Crippen LogP contribution in [0.15, 0.2) is 0 Å². The van der Waals surface area contributed by atoms with Crippen molar-refractivity contribution in [3.63, 3.8) is 0 Å². The van der Waals surface area contributed by atoms with Crippen LogP contribution in [0.5, 0.6) is 0 Å². The lowest BCUT2D eigenvalue weighted by Crippen LogP contribution is -2.05. The molecule has 0 aromatic carbocycles. The van der Waals surface area contributed by atoms with Crippen LogP contribution >= 0.6 is 12.2 Å². The van der Waals surface area contributed by atoms with Gasteiger partial charge in [0.25, 0.3) is 0 Å². The topological polar surface area (TPSA) is 0 Å². The first-order valence-electron chi connectivity index (χ1n) is 3.31. The van der Waals surface area contributed by atoms with Crippen LogP contribution in [0.25, 0.3) is 0 Å². The zero-order chi connectivity index (χ0) is 5.82. The van der Waals surface area contributed by atoms with Crippen molar-refractivity contribution in [2.24, 2.45) is 5.92 Å². The van der Waals surface area contributed by atoms with Gasteiger partial charge < -0.3 is 0 Å². The number of hydrogen-bond acceptors (Lipinski definition) is 1. The van der Waals surface area contributed by atoms with Crippen molar-refractivity contribution >= 4 is 17.6 Å². The van der Waals surface area contributed by atoms with E-state index in [0.717, 1.165) is 0 Å². The Morgan fingerprint density at radius 2 is 1.75 bits per heavy atom. The Hall–Kier alpha value is 0.0900. The van der Waals surface area contributed by atoms with E-state index in [1.807, 2.05) is 0 Å². The molecule has 1 fully saturated rings. The van der Waals surface area contributed by atoms with Gasteiger partial charge in [0.05, 0.1) is 0 Å². The first-order valence-corrected chi connectivity index (χ1v) is 3.72. The molecule has 0 bridgehead atoms. The van der Waals surface area contributed by atoms with Gasteiger partial charge in [0.15, 0.2) is 0 Å². The van der Waals surface area contributed by atoms with Gasteiger partial charge in [0.1, 0.15) is 0 Å². The van der Waals surface area contributed by atoms with Crippen molar-refractivity contribution in [2.75, 3.05) is 0 Å². The lowest BCUT2D eigenvalue weighted by Gasteiger charge is -2.15. The molecular formula is C7H11S. The summed E-state index contributed by atoms with van der Waals surface area (Å²) in [5.74, 6) is 0.652. The second kappa shape index (κ2) is 3.18. The van der Waals surface area contributed by atoms with Gasteiger partial charge in [0.2, 0.25) is 0 Å². The minimum absolute atomic E-state index is 0.652. The molecule has 1 saturated carbocycles. The molecule has 0 nitrogen and oxygen atoms in total. The molecule has 0 N–H and O–H groups in total.